The molecule has 1 saturated heterocycles. The van der Waals surface area contributed by atoms with Crippen LogP contribution in [0, 0.1) is 0 Å². The van der Waals surface area contributed by atoms with Crippen LogP contribution in [0.3, 0.4) is 0 Å². The lowest BCUT2D eigenvalue weighted by atomic mass is 10.2. The highest BCUT2D eigenvalue weighted by atomic mass is 16.5. The van der Waals surface area contributed by atoms with Gasteiger partial charge in [0.2, 0.25) is 5.91 Å². The van der Waals surface area contributed by atoms with E-state index in [1.54, 1.807) is 0 Å². The third-order valence-electron chi connectivity index (χ3n) is 1.56. The van der Waals surface area contributed by atoms with E-state index >= 15 is 0 Å². The van der Waals surface area contributed by atoms with Crippen molar-refractivity contribution in [2.24, 2.45) is 0 Å². The number of carbonyl (C=O) groups is 2. The zero-order valence-corrected chi connectivity index (χ0v) is 6.46. The summed E-state index contributed by atoms with van der Waals surface area (Å²) in [6.45, 7) is 0. The molecule has 0 bridgehead atoms. The van der Waals surface area contributed by atoms with Gasteiger partial charge in [-0.05, 0) is 0 Å². The number of rotatable bonds is 1. The molecule has 0 atom stereocenters. The van der Waals surface area contributed by atoms with Crippen molar-refractivity contribution in [2.75, 3.05) is 14.2 Å². The van der Waals surface area contributed by atoms with Gasteiger partial charge in [-0.2, -0.15) is 0 Å². The molecule has 0 unspecified atom stereocenters. The molecule has 0 aliphatic carbocycles. The average molecular weight is 155 g/mol. The molecule has 4 nitrogen and oxygen atoms in total. The fourth-order valence-corrected chi connectivity index (χ4v) is 0.920. The molecular formula is C7H9NO3. The molecule has 1 heterocycles. The maximum absolute atomic E-state index is 11.1. The second-order valence-corrected chi connectivity index (χ2v) is 2.31. The summed E-state index contributed by atoms with van der Waals surface area (Å²) in [6, 6.07) is 0. The SMILES string of the molecule is COC=C1CC(=O)N(C)C1=O. The van der Waals surface area contributed by atoms with Crippen LogP contribution in [0.2, 0.25) is 0 Å². The molecule has 1 fully saturated rings. The molecule has 1 aliphatic heterocycles. The minimum atomic E-state index is -0.267. The molecule has 0 aromatic rings. The second-order valence-electron chi connectivity index (χ2n) is 2.31. The van der Waals surface area contributed by atoms with E-state index in [1.807, 2.05) is 0 Å². The van der Waals surface area contributed by atoms with Crippen LogP contribution in [0.5, 0.6) is 0 Å². The third kappa shape index (κ3) is 1.24. The Hall–Kier alpha value is -1.32. The number of hydrogen-bond donors (Lipinski definition) is 0. The minimum absolute atomic E-state index is 0.156. The number of amides is 2. The van der Waals surface area contributed by atoms with Crippen LogP contribution >= 0.6 is 0 Å². The number of likely N-dealkylation sites (N-methyl/N-ethyl adjacent to an activating group) is 1. The zero-order chi connectivity index (χ0) is 8.43. The summed E-state index contributed by atoms with van der Waals surface area (Å²) in [5.41, 5.74) is 0.417. The van der Waals surface area contributed by atoms with E-state index in [0.717, 1.165) is 4.90 Å². The molecule has 4 heteroatoms. The highest BCUT2D eigenvalue weighted by Crippen LogP contribution is 2.15. The maximum atomic E-state index is 11.1. The first-order chi connectivity index (χ1) is 5.16. The van der Waals surface area contributed by atoms with Gasteiger partial charge in [-0.25, -0.2) is 0 Å². The molecule has 0 aromatic heterocycles. The Kier molecular flexibility index (Phi) is 1.94. The Morgan fingerprint density at radius 3 is 2.55 bits per heavy atom. The van der Waals surface area contributed by atoms with E-state index < -0.39 is 0 Å². The molecule has 2 amide bonds. The molecule has 0 aromatic carbocycles. The predicted octanol–water partition coefficient (Wildman–Crippen LogP) is -0.0946. The zero-order valence-electron chi connectivity index (χ0n) is 6.46. The summed E-state index contributed by atoms with van der Waals surface area (Å²) in [6.07, 6.45) is 1.47. The highest BCUT2D eigenvalue weighted by Gasteiger charge is 2.30. The molecular weight excluding hydrogens is 146 g/mol. The van der Waals surface area contributed by atoms with Gasteiger partial charge < -0.3 is 4.74 Å². The van der Waals surface area contributed by atoms with Crippen molar-refractivity contribution in [1.29, 1.82) is 0 Å². The van der Waals surface area contributed by atoms with Crippen molar-refractivity contribution in [2.45, 2.75) is 6.42 Å². The number of carbonyl (C=O) groups excluding carboxylic acids is 2. The Morgan fingerprint density at radius 2 is 2.18 bits per heavy atom. The fraction of sp³-hybridized carbons (Fsp3) is 0.429. The van der Waals surface area contributed by atoms with Crippen LogP contribution < -0.4 is 0 Å². The molecule has 0 radical (unpaired) electrons. The molecule has 0 N–H and O–H groups in total. The summed E-state index contributed by atoms with van der Waals surface area (Å²) in [5.74, 6) is -0.449. The van der Waals surface area contributed by atoms with Gasteiger partial charge in [-0.1, -0.05) is 0 Å². The molecule has 1 rings (SSSR count). The summed E-state index contributed by atoms with van der Waals surface area (Å²) >= 11 is 0. The molecule has 0 spiro atoms. The first-order valence-electron chi connectivity index (χ1n) is 3.19. The monoisotopic (exact) mass is 155 g/mol. The first-order valence-corrected chi connectivity index (χ1v) is 3.19. The Morgan fingerprint density at radius 1 is 1.55 bits per heavy atom. The quantitative estimate of drug-likeness (QED) is 0.302. The standard InChI is InChI=1S/C7H9NO3/c1-8-6(9)3-5(4-11-2)7(8)10/h4H,3H2,1-2H3. The van der Waals surface area contributed by atoms with Gasteiger partial charge in [0.15, 0.2) is 0 Å². The van der Waals surface area contributed by atoms with Crippen LogP contribution in [0.25, 0.3) is 0 Å². The van der Waals surface area contributed by atoms with Crippen LogP contribution in [-0.4, -0.2) is 30.9 Å². The van der Waals surface area contributed by atoms with Gasteiger partial charge in [0, 0.05) is 7.05 Å². The van der Waals surface area contributed by atoms with Gasteiger partial charge in [0.25, 0.3) is 5.91 Å². The third-order valence-corrected chi connectivity index (χ3v) is 1.56. The normalized spacial score (nSPS) is 21.6. The maximum Gasteiger partial charge on any atom is 0.259 e. The van der Waals surface area contributed by atoms with Crippen molar-refractivity contribution in [3.05, 3.63) is 11.8 Å². The Labute approximate surface area is 64.4 Å². The summed E-state index contributed by atoms with van der Waals surface area (Å²) in [5, 5.41) is 0. The van der Waals surface area contributed by atoms with Gasteiger partial charge in [-0.15, -0.1) is 0 Å². The van der Waals surface area contributed by atoms with Crippen molar-refractivity contribution >= 4 is 11.8 Å². The number of ether oxygens (including phenoxy) is 1. The van der Waals surface area contributed by atoms with Crippen molar-refractivity contribution in [3.63, 3.8) is 0 Å². The number of methoxy groups -OCH3 is 1. The molecule has 60 valence electrons. The van der Waals surface area contributed by atoms with E-state index in [4.69, 9.17) is 0 Å². The summed E-state index contributed by atoms with van der Waals surface area (Å²) in [7, 11) is 2.91. The number of hydrogen-bond acceptors (Lipinski definition) is 3. The average Bonchev–Trinajstić information content (AvgIpc) is 2.19. The number of imide groups is 1. The lowest BCUT2D eigenvalue weighted by Gasteiger charge is -2.01. The van der Waals surface area contributed by atoms with Crippen molar-refractivity contribution < 1.29 is 14.3 Å². The Balaban J connectivity index is 2.83. The van der Waals surface area contributed by atoms with E-state index in [1.165, 1.54) is 20.4 Å². The van der Waals surface area contributed by atoms with Gasteiger partial charge >= 0.3 is 0 Å². The van der Waals surface area contributed by atoms with E-state index in [9.17, 15) is 9.59 Å². The van der Waals surface area contributed by atoms with Gasteiger partial charge in [0.05, 0.1) is 25.4 Å². The van der Waals surface area contributed by atoms with Gasteiger partial charge in [-0.3, -0.25) is 14.5 Å². The topological polar surface area (TPSA) is 46.6 Å². The van der Waals surface area contributed by atoms with Crippen molar-refractivity contribution in [3.8, 4) is 0 Å². The fourth-order valence-electron chi connectivity index (χ4n) is 0.920. The minimum Gasteiger partial charge on any atom is -0.504 e. The second kappa shape index (κ2) is 2.74. The van der Waals surface area contributed by atoms with Crippen LogP contribution in [0.4, 0.5) is 0 Å². The summed E-state index contributed by atoms with van der Waals surface area (Å²) < 4.78 is 4.63. The molecule has 1 aliphatic rings. The van der Waals surface area contributed by atoms with E-state index in [-0.39, 0.29) is 18.2 Å². The van der Waals surface area contributed by atoms with E-state index in [2.05, 4.69) is 4.74 Å². The first kappa shape index (κ1) is 7.78. The number of likely N-dealkylation sites (tertiary alicyclic amines) is 1. The summed E-state index contributed by atoms with van der Waals surface area (Å²) in [4.78, 5) is 23.0. The van der Waals surface area contributed by atoms with E-state index in [0.29, 0.717) is 5.57 Å². The van der Waals surface area contributed by atoms with Crippen LogP contribution in [-0.2, 0) is 14.3 Å². The van der Waals surface area contributed by atoms with Crippen LogP contribution in [0.1, 0.15) is 6.42 Å². The van der Waals surface area contributed by atoms with Gasteiger partial charge in [0.1, 0.15) is 0 Å². The van der Waals surface area contributed by atoms with Crippen molar-refractivity contribution in [1.82, 2.24) is 4.90 Å². The number of nitrogens with zero attached hydrogens (tertiary/aromatic N) is 1. The lowest BCUT2D eigenvalue weighted by Crippen LogP contribution is -2.23. The molecule has 0 saturated carbocycles. The highest BCUT2D eigenvalue weighted by molar-refractivity contribution is 6.12. The predicted molar refractivity (Wildman–Crippen MR) is 37.5 cm³/mol. The molecule has 11 heavy (non-hydrogen) atoms. The van der Waals surface area contributed by atoms with Crippen LogP contribution in [0.15, 0.2) is 11.8 Å². The Bertz CT molecular complexity index is 232. The largest absolute Gasteiger partial charge is 0.504 e. The smallest absolute Gasteiger partial charge is 0.259 e. The lowest BCUT2D eigenvalue weighted by molar-refractivity contribution is -0.135.